The maximum Gasteiger partial charge on any atom is 0.321 e. The Morgan fingerprint density at radius 3 is 2.76 bits per heavy atom. The summed E-state index contributed by atoms with van der Waals surface area (Å²) < 4.78 is 8.31. The molecule has 2 heterocycles. The van der Waals surface area contributed by atoms with Crippen LogP contribution in [0.25, 0.3) is 16.5 Å². The molecule has 3 aliphatic carbocycles. The zero-order valence-corrected chi connectivity index (χ0v) is 19.0. The molecule has 1 aromatic carbocycles. The molecule has 6 rings (SSSR count). The van der Waals surface area contributed by atoms with Crippen LogP contribution in [0.4, 0.5) is 0 Å². The van der Waals surface area contributed by atoms with Crippen LogP contribution in [0, 0.1) is 17.2 Å². The van der Waals surface area contributed by atoms with Gasteiger partial charge in [-0.05, 0) is 49.5 Å². The summed E-state index contributed by atoms with van der Waals surface area (Å²) in [4.78, 5) is 8.35. The van der Waals surface area contributed by atoms with E-state index < -0.39 is 0 Å². The van der Waals surface area contributed by atoms with E-state index in [0.717, 1.165) is 47.0 Å². The van der Waals surface area contributed by atoms with Gasteiger partial charge in [0.25, 0.3) is 0 Å². The first kappa shape index (κ1) is 20.2. The summed E-state index contributed by atoms with van der Waals surface area (Å²) in [7, 11) is 0. The molecule has 168 valence electrons. The molecule has 2 unspecified atom stereocenters. The number of nitriles is 1. The Morgan fingerprint density at radius 2 is 2.09 bits per heavy atom. The molecular formula is C27H29N5O. The van der Waals surface area contributed by atoms with Crippen LogP contribution in [0.15, 0.2) is 54.9 Å². The van der Waals surface area contributed by atoms with Gasteiger partial charge < -0.3 is 14.6 Å². The number of hydrogen-bond acceptors (Lipinski definition) is 5. The summed E-state index contributed by atoms with van der Waals surface area (Å²) in [5.41, 5.74) is 4.09. The van der Waals surface area contributed by atoms with E-state index in [4.69, 9.17) is 4.74 Å². The van der Waals surface area contributed by atoms with E-state index in [9.17, 15) is 5.26 Å². The summed E-state index contributed by atoms with van der Waals surface area (Å²) in [5, 5.41) is 14.9. The van der Waals surface area contributed by atoms with Gasteiger partial charge in [-0.25, -0.2) is 9.97 Å². The highest BCUT2D eigenvalue weighted by atomic mass is 16.5. The molecule has 3 aliphatic rings. The number of nitrogens with zero attached hydrogens (tertiary/aromatic N) is 4. The third kappa shape index (κ3) is 3.35. The average molecular weight is 440 g/mol. The minimum absolute atomic E-state index is 0. The molecule has 3 aromatic rings. The van der Waals surface area contributed by atoms with Crippen LogP contribution in [0.1, 0.15) is 58.3 Å². The van der Waals surface area contributed by atoms with E-state index in [0.29, 0.717) is 29.8 Å². The average Bonchev–Trinajstić information content (AvgIpc) is 3.39. The Morgan fingerprint density at radius 1 is 1.27 bits per heavy atom. The topological polar surface area (TPSA) is 75.8 Å². The molecular weight excluding hydrogens is 410 g/mol. The van der Waals surface area contributed by atoms with Crippen molar-refractivity contribution < 1.29 is 6.16 Å². The second-order valence-electron chi connectivity index (χ2n) is 9.71. The molecule has 0 spiro atoms. The highest BCUT2D eigenvalue weighted by Gasteiger charge is 2.52. The lowest BCUT2D eigenvalue weighted by Crippen LogP contribution is -2.37. The number of aromatic nitrogens is 3. The second kappa shape index (κ2) is 7.57. The summed E-state index contributed by atoms with van der Waals surface area (Å²) in [5.74, 6) is 1.16. The van der Waals surface area contributed by atoms with E-state index >= 15 is 0 Å². The van der Waals surface area contributed by atoms with E-state index in [1.54, 1.807) is 18.5 Å². The first-order chi connectivity index (χ1) is 16.1. The zero-order valence-electron chi connectivity index (χ0n) is 19.0. The molecule has 0 saturated heterocycles. The van der Waals surface area contributed by atoms with Crippen molar-refractivity contribution in [3.05, 3.63) is 66.1 Å². The third-order valence-corrected chi connectivity index (χ3v) is 7.11. The maximum atomic E-state index is 10.2. The van der Waals surface area contributed by atoms with Crippen molar-refractivity contribution in [3.63, 3.8) is 0 Å². The Balaban J connectivity index is 0.00000241. The van der Waals surface area contributed by atoms with Crippen LogP contribution in [-0.2, 0) is 0 Å². The van der Waals surface area contributed by atoms with Crippen molar-refractivity contribution in [2.75, 3.05) is 0 Å². The molecule has 33 heavy (non-hydrogen) atoms. The lowest BCUT2D eigenvalue weighted by molar-refractivity contribution is 0.319. The monoisotopic (exact) mass is 439 g/mol. The molecule has 1 N–H and O–H groups in total. The zero-order chi connectivity index (χ0) is 22.6. The van der Waals surface area contributed by atoms with Crippen LogP contribution in [0.3, 0.4) is 0 Å². The minimum Gasteiger partial charge on any atom is -0.424 e. The van der Waals surface area contributed by atoms with Gasteiger partial charge in [-0.2, -0.15) is 5.26 Å². The fraction of sp³-hybridized carbons (Fsp3) is 0.370. The number of allylic oxidation sites excluding steroid dienone is 2. The van der Waals surface area contributed by atoms with E-state index in [-0.39, 0.29) is 6.97 Å². The van der Waals surface area contributed by atoms with Gasteiger partial charge in [0.1, 0.15) is 11.8 Å². The normalized spacial score (nSPS) is 23.7. The van der Waals surface area contributed by atoms with Gasteiger partial charge in [-0.1, -0.05) is 32.1 Å². The number of benzene rings is 1. The Hall–Kier alpha value is -3.43. The Bertz CT molecular complexity index is 1330. The van der Waals surface area contributed by atoms with Gasteiger partial charge in [0.15, 0.2) is 0 Å². The number of hydrogen-bond donors (Lipinski definition) is 1. The molecule has 0 amide bonds. The van der Waals surface area contributed by atoms with Crippen LogP contribution in [0.2, 0.25) is 0 Å². The number of nitrogens with one attached hydrogen (secondary N) is 1. The highest BCUT2D eigenvalue weighted by Crippen LogP contribution is 2.52. The van der Waals surface area contributed by atoms with Crippen molar-refractivity contribution in [3.8, 4) is 17.8 Å². The minimum atomic E-state index is 0. The second-order valence-corrected chi connectivity index (χ2v) is 9.71. The summed E-state index contributed by atoms with van der Waals surface area (Å²) in [6, 6.07) is 11.4. The number of rotatable bonds is 6. The van der Waals surface area contributed by atoms with Gasteiger partial charge in [0, 0.05) is 48.8 Å². The highest BCUT2D eigenvalue weighted by molar-refractivity contribution is 5.95. The van der Waals surface area contributed by atoms with Gasteiger partial charge in [-0.15, -0.1) is 0 Å². The Labute approximate surface area is 195 Å². The fourth-order valence-corrected chi connectivity index (χ4v) is 5.34. The molecule has 0 radical (unpaired) electrons. The van der Waals surface area contributed by atoms with Crippen molar-refractivity contribution in [2.24, 2.45) is 5.92 Å². The van der Waals surface area contributed by atoms with Crippen molar-refractivity contribution >= 4 is 16.5 Å². The molecule has 2 fully saturated rings. The molecule has 2 aromatic heterocycles. The molecule has 6 heteroatoms. The molecule has 6 nitrogen and oxygen atoms in total. The fourth-order valence-electron chi connectivity index (χ4n) is 5.34. The van der Waals surface area contributed by atoms with Crippen molar-refractivity contribution in [1.82, 2.24) is 19.9 Å². The van der Waals surface area contributed by atoms with Gasteiger partial charge in [-0.3, -0.25) is 0 Å². The Kier molecular flexibility index (Phi) is 4.63. The van der Waals surface area contributed by atoms with E-state index in [2.05, 4.69) is 58.0 Å². The predicted octanol–water partition coefficient (Wildman–Crippen LogP) is 5.78. The van der Waals surface area contributed by atoms with E-state index in [1.807, 2.05) is 18.2 Å². The van der Waals surface area contributed by atoms with Crippen molar-refractivity contribution in [1.29, 1.82) is 5.26 Å². The standard InChI is InChI=1S/C27H27N5O.H2/c1-17(2)31-27-10-9-18(13-19(27)15-27)25-23(16-28)22-8-7-21(33-26-29-11-4-12-30-26)14-24(22)32(25)20-5-3-6-20;/h4,7-14,17,19-20,31H,3,5-6,15H2,1-2H3;1H. The molecule has 0 aliphatic heterocycles. The molecule has 0 bridgehead atoms. The van der Waals surface area contributed by atoms with Crippen LogP contribution in [0.5, 0.6) is 11.8 Å². The van der Waals surface area contributed by atoms with Crippen molar-refractivity contribution in [2.45, 2.75) is 57.2 Å². The van der Waals surface area contributed by atoms with E-state index in [1.165, 1.54) is 6.42 Å². The largest absolute Gasteiger partial charge is 0.424 e. The molecule has 2 atom stereocenters. The summed E-state index contributed by atoms with van der Waals surface area (Å²) in [6.45, 7) is 4.39. The quantitative estimate of drug-likeness (QED) is 0.527. The molecule has 2 saturated carbocycles. The summed E-state index contributed by atoms with van der Waals surface area (Å²) >= 11 is 0. The maximum absolute atomic E-state index is 10.2. The van der Waals surface area contributed by atoms with Gasteiger partial charge in [0.05, 0.1) is 16.8 Å². The van der Waals surface area contributed by atoms with Crippen LogP contribution in [-0.4, -0.2) is 26.1 Å². The smallest absolute Gasteiger partial charge is 0.321 e. The summed E-state index contributed by atoms with van der Waals surface area (Å²) in [6.07, 6.45) is 14.8. The first-order valence-electron chi connectivity index (χ1n) is 11.8. The third-order valence-electron chi connectivity index (χ3n) is 7.11. The lowest BCUT2D eigenvalue weighted by Gasteiger charge is -2.31. The lowest BCUT2D eigenvalue weighted by atomic mass is 9.91. The predicted molar refractivity (Wildman–Crippen MR) is 130 cm³/mol. The number of fused-ring (bicyclic) bond motifs is 2. The van der Waals surface area contributed by atoms with Gasteiger partial charge >= 0.3 is 6.01 Å². The van der Waals surface area contributed by atoms with Crippen LogP contribution >= 0.6 is 0 Å². The van der Waals surface area contributed by atoms with Gasteiger partial charge in [0.2, 0.25) is 0 Å². The number of ether oxygens (including phenoxy) is 1. The SMILES string of the molecule is CC(C)NC12C=CC(c3c(C#N)c4ccc(Oc5ncccn5)cc4n3C3CCC3)=CC1C2.[HH]. The first-order valence-corrected chi connectivity index (χ1v) is 11.8. The van der Waals surface area contributed by atoms with Crippen LogP contribution < -0.4 is 10.1 Å².